The van der Waals surface area contributed by atoms with E-state index in [0.29, 0.717) is 0 Å². The Labute approximate surface area is 342 Å². The van der Waals surface area contributed by atoms with Gasteiger partial charge in [0, 0.05) is 51.1 Å². The fraction of sp³-hybridized carbons (Fsp3) is 0. The summed E-state index contributed by atoms with van der Waals surface area (Å²) >= 11 is 3.83. The van der Waals surface area contributed by atoms with Crippen molar-refractivity contribution in [1.29, 1.82) is 0 Å². The first-order valence-corrected chi connectivity index (χ1v) is 21.6. The number of thiophene rings is 2. The van der Waals surface area contributed by atoms with Crippen molar-refractivity contribution < 1.29 is 0 Å². The first-order valence-electron chi connectivity index (χ1n) is 19.9. The predicted molar refractivity (Wildman–Crippen MR) is 256 cm³/mol. The maximum atomic E-state index is 2.43. The van der Waals surface area contributed by atoms with Gasteiger partial charge in [-0.05, 0) is 94.7 Å². The van der Waals surface area contributed by atoms with Crippen LogP contribution < -0.4 is 0 Å². The van der Waals surface area contributed by atoms with E-state index in [0.717, 1.165) is 0 Å². The fourth-order valence-corrected chi connectivity index (χ4v) is 12.4. The van der Waals surface area contributed by atoms with Gasteiger partial charge in [-0.15, -0.1) is 22.7 Å². The molecule has 0 aliphatic carbocycles. The van der Waals surface area contributed by atoms with Crippen LogP contribution in [0.25, 0.3) is 128 Å². The molecule has 13 aromatic rings. The Morgan fingerprint density at radius 3 is 1.31 bits per heavy atom. The zero-order chi connectivity index (χ0) is 37.9. The Bertz CT molecular complexity index is 3800. The Balaban J connectivity index is 1.02. The zero-order valence-corrected chi connectivity index (χ0v) is 32.9. The second kappa shape index (κ2) is 12.3. The SMILES string of the molecule is c1ccc2c(-c3c4ccccc4c(-c4ccc(-c5ccc6sc7c(ccc8c7ccc7c9ccccc9sc78)c6c5)c5ccccc45)c4ccccc34)cccc2c1. The van der Waals surface area contributed by atoms with Gasteiger partial charge in [0.2, 0.25) is 0 Å². The van der Waals surface area contributed by atoms with Crippen molar-refractivity contribution in [1.82, 2.24) is 0 Å². The van der Waals surface area contributed by atoms with Gasteiger partial charge in [0.05, 0.1) is 0 Å². The molecule has 0 fully saturated rings. The van der Waals surface area contributed by atoms with Crippen LogP contribution in [0.5, 0.6) is 0 Å². The van der Waals surface area contributed by atoms with Gasteiger partial charge in [-0.25, -0.2) is 0 Å². The Kier molecular flexibility index (Phi) is 6.86. The molecule has 2 heteroatoms. The molecule has 0 nitrogen and oxygen atoms in total. The molecule has 2 heterocycles. The minimum absolute atomic E-state index is 1.25. The number of hydrogen-bond donors (Lipinski definition) is 0. The van der Waals surface area contributed by atoms with Crippen LogP contribution in [0.3, 0.4) is 0 Å². The molecule has 0 N–H and O–H groups in total. The molecule has 0 aliphatic heterocycles. The smallest absolute Gasteiger partial charge is 0.0434 e. The number of rotatable bonds is 3. The summed E-state index contributed by atoms with van der Waals surface area (Å²) in [4.78, 5) is 0. The van der Waals surface area contributed by atoms with Gasteiger partial charge in [-0.3, -0.25) is 0 Å². The highest BCUT2D eigenvalue weighted by atomic mass is 32.1. The van der Waals surface area contributed by atoms with Crippen LogP contribution in [0, 0.1) is 0 Å². The van der Waals surface area contributed by atoms with Gasteiger partial charge in [0.15, 0.2) is 0 Å². The average molecular weight is 769 g/mol. The van der Waals surface area contributed by atoms with Crippen molar-refractivity contribution in [2.45, 2.75) is 0 Å². The molecule has 2 aromatic heterocycles. The standard InChI is InChI=1S/C56H32S2/c1-2-14-35-33(12-1)13-11-22-40(35)53-41-18-5-7-20-43(41)54(44-21-8-6-19-42(44)53)45-26-25-36(37-15-3-4-16-38(37)45)34-24-31-52-50(32-34)49-30-29-47-48(56(49)58-52)28-27-46-39-17-9-10-23-51(39)57-55(46)47/h1-32H. The van der Waals surface area contributed by atoms with Crippen molar-refractivity contribution in [2.24, 2.45) is 0 Å². The summed E-state index contributed by atoms with van der Waals surface area (Å²) in [6.45, 7) is 0. The third kappa shape index (κ3) is 4.56. The summed E-state index contributed by atoms with van der Waals surface area (Å²) in [6.07, 6.45) is 0. The molecule has 0 saturated heterocycles. The van der Waals surface area contributed by atoms with Crippen LogP contribution in [0.2, 0.25) is 0 Å². The quantitative estimate of drug-likeness (QED) is 0.157. The summed E-state index contributed by atoms with van der Waals surface area (Å²) in [7, 11) is 0. The van der Waals surface area contributed by atoms with E-state index in [-0.39, 0.29) is 0 Å². The molecule has 13 rings (SSSR count). The number of fused-ring (bicyclic) bond motifs is 13. The van der Waals surface area contributed by atoms with Crippen molar-refractivity contribution in [3.63, 3.8) is 0 Å². The minimum Gasteiger partial charge on any atom is -0.135 e. The largest absolute Gasteiger partial charge is 0.135 e. The van der Waals surface area contributed by atoms with Gasteiger partial charge in [0.1, 0.15) is 0 Å². The lowest BCUT2D eigenvalue weighted by molar-refractivity contribution is 1.67. The summed E-state index contributed by atoms with van der Waals surface area (Å²) in [5, 5.41) is 18.2. The number of benzene rings is 11. The Morgan fingerprint density at radius 2 is 0.672 bits per heavy atom. The fourth-order valence-electron chi connectivity index (χ4n) is 9.91. The van der Waals surface area contributed by atoms with E-state index in [1.165, 1.54) is 128 Å². The third-order valence-electron chi connectivity index (χ3n) is 12.5. The molecule has 0 radical (unpaired) electrons. The average Bonchev–Trinajstić information content (AvgIpc) is 3.86. The lowest BCUT2D eigenvalue weighted by Crippen LogP contribution is -1.93. The number of hydrogen-bond acceptors (Lipinski definition) is 2. The predicted octanol–water partition coefficient (Wildman–Crippen LogP) is 17.2. The molecular weight excluding hydrogens is 737 g/mol. The van der Waals surface area contributed by atoms with E-state index < -0.39 is 0 Å². The lowest BCUT2D eigenvalue weighted by atomic mass is 9.83. The molecular formula is C56H32S2. The summed E-state index contributed by atoms with van der Waals surface area (Å²) in [5.74, 6) is 0. The third-order valence-corrected chi connectivity index (χ3v) is 14.9. The van der Waals surface area contributed by atoms with E-state index in [1.807, 2.05) is 22.7 Å². The highest BCUT2D eigenvalue weighted by molar-refractivity contribution is 7.28. The van der Waals surface area contributed by atoms with E-state index in [9.17, 15) is 0 Å². The summed E-state index contributed by atoms with van der Waals surface area (Å²) in [6, 6.07) is 72.6. The highest BCUT2D eigenvalue weighted by Crippen LogP contribution is 2.49. The molecule has 0 unspecified atom stereocenters. The van der Waals surface area contributed by atoms with Crippen molar-refractivity contribution in [3.05, 3.63) is 194 Å². The van der Waals surface area contributed by atoms with Gasteiger partial charge >= 0.3 is 0 Å². The van der Waals surface area contributed by atoms with E-state index in [4.69, 9.17) is 0 Å². The molecule has 11 aromatic carbocycles. The topological polar surface area (TPSA) is 0 Å². The monoisotopic (exact) mass is 768 g/mol. The Hall–Kier alpha value is -6.84. The maximum Gasteiger partial charge on any atom is 0.0434 e. The van der Waals surface area contributed by atoms with Crippen LogP contribution in [0.4, 0.5) is 0 Å². The molecule has 0 aliphatic rings. The van der Waals surface area contributed by atoms with E-state index in [2.05, 4.69) is 194 Å². The van der Waals surface area contributed by atoms with Crippen molar-refractivity contribution >= 4 is 117 Å². The first kappa shape index (κ1) is 32.3. The molecule has 0 spiro atoms. The van der Waals surface area contributed by atoms with Crippen LogP contribution in [0.1, 0.15) is 0 Å². The van der Waals surface area contributed by atoms with E-state index >= 15 is 0 Å². The van der Waals surface area contributed by atoms with Gasteiger partial charge in [-0.2, -0.15) is 0 Å². The maximum absolute atomic E-state index is 2.43. The summed E-state index contributed by atoms with van der Waals surface area (Å²) in [5.41, 5.74) is 7.62. The Morgan fingerprint density at radius 1 is 0.241 bits per heavy atom. The lowest BCUT2D eigenvalue weighted by Gasteiger charge is -2.20. The van der Waals surface area contributed by atoms with Gasteiger partial charge in [-0.1, -0.05) is 176 Å². The summed E-state index contributed by atoms with van der Waals surface area (Å²) < 4.78 is 5.43. The molecule has 0 atom stereocenters. The van der Waals surface area contributed by atoms with Crippen LogP contribution in [0.15, 0.2) is 194 Å². The first-order chi connectivity index (χ1) is 28.8. The second-order valence-electron chi connectivity index (χ2n) is 15.5. The van der Waals surface area contributed by atoms with E-state index in [1.54, 1.807) is 0 Å². The highest BCUT2D eigenvalue weighted by Gasteiger charge is 2.21. The van der Waals surface area contributed by atoms with Crippen LogP contribution in [-0.4, -0.2) is 0 Å². The van der Waals surface area contributed by atoms with Crippen molar-refractivity contribution in [3.8, 4) is 33.4 Å². The van der Waals surface area contributed by atoms with Gasteiger partial charge in [0.25, 0.3) is 0 Å². The van der Waals surface area contributed by atoms with Crippen molar-refractivity contribution in [2.75, 3.05) is 0 Å². The second-order valence-corrected chi connectivity index (χ2v) is 17.6. The zero-order valence-electron chi connectivity index (χ0n) is 31.3. The van der Waals surface area contributed by atoms with Crippen LogP contribution >= 0.6 is 22.7 Å². The molecule has 0 saturated carbocycles. The molecule has 268 valence electrons. The normalized spacial score (nSPS) is 12.1. The minimum atomic E-state index is 1.25. The molecule has 0 amide bonds. The van der Waals surface area contributed by atoms with Gasteiger partial charge < -0.3 is 0 Å². The van der Waals surface area contributed by atoms with Crippen LogP contribution in [-0.2, 0) is 0 Å². The molecule has 58 heavy (non-hydrogen) atoms. The molecule has 0 bridgehead atoms.